The summed E-state index contributed by atoms with van der Waals surface area (Å²) in [6.07, 6.45) is 1.08. The first-order valence-corrected chi connectivity index (χ1v) is 19.9. The van der Waals surface area contributed by atoms with Crippen LogP contribution in [0.3, 0.4) is 0 Å². The van der Waals surface area contributed by atoms with E-state index in [9.17, 15) is 22.8 Å². The van der Waals surface area contributed by atoms with E-state index in [4.69, 9.17) is 24.1 Å². The van der Waals surface area contributed by atoms with Crippen molar-refractivity contribution in [1.82, 2.24) is 19.9 Å². The van der Waals surface area contributed by atoms with E-state index in [0.717, 1.165) is 49.6 Å². The Labute approximate surface area is 341 Å². The average Bonchev–Trinajstić information content (AvgIpc) is 3.91. The summed E-state index contributed by atoms with van der Waals surface area (Å²) in [7, 11) is 0. The van der Waals surface area contributed by atoms with Gasteiger partial charge in [0.15, 0.2) is 17.8 Å². The van der Waals surface area contributed by atoms with Crippen molar-refractivity contribution in [3.8, 4) is 32.9 Å². The molecule has 0 fully saturated rings. The lowest BCUT2D eigenvalue weighted by molar-refractivity contribution is -0.156. The zero-order valence-electron chi connectivity index (χ0n) is 31.7. The third-order valence-corrected chi connectivity index (χ3v) is 10.3. The number of nitrogens with zero attached hydrogens (tertiary/aromatic N) is 4. The molecule has 0 radical (unpaired) electrons. The Balaban J connectivity index is 0.000000221. The minimum atomic E-state index is -4.51. The van der Waals surface area contributed by atoms with Gasteiger partial charge in [0, 0.05) is 54.2 Å². The summed E-state index contributed by atoms with van der Waals surface area (Å²) >= 11 is 2.94. The second kappa shape index (κ2) is 21.7. The SMILES string of the molecule is CCOC(=O)C(Cc1ccc(OCc2ccc(-c3ncccn3)s2)cc1)OCC.O=C(O)CCc1ccc(OCCc2ccc(-c3nccc(C(F)(F)F)n3)s2)cc1. The number of halogens is 3. The topological polar surface area (TPSA) is 143 Å². The van der Waals surface area contributed by atoms with Crippen molar-refractivity contribution in [2.75, 3.05) is 19.8 Å². The third kappa shape index (κ3) is 13.7. The molecule has 0 saturated carbocycles. The van der Waals surface area contributed by atoms with Gasteiger partial charge >= 0.3 is 18.1 Å². The standard InChI is InChI=1S/C22H24N2O4S.C20H17F3N2O3S/c1-3-26-19(22(25)27-4-2)14-16-6-8-17(9-7-16)28-15-18-10-11-20(29-18)21-23-12-5-13-24-21;21-20(22,23)17-9-11-24-19(25-17)16-7-6-15(29-16)10-12-28-14-4-1-13(2-5-14)3-8-18(26)27/h5-13,19H,3-4,14-15H2,1-2H3;1-2,4-7,9,11H,3,8,10,12H2,(H,26,27). The summed E-state index contributed by atoms with van der Waals surface area (Å²) in [5, 5.41) is 8.70. The molecular formula is C42H41F3N4O7S2. The van der Waals surface area contributed by atoms with E-state index in [1.165, 1.54) is 11.3 Å². The third-order valence-electron chi connectivity index (χ3n) is 8.09. The highest BCUT2D eigenvalue weighted by Gasteiger charge is 2.33. The monoisotopic (exact) mass is 834 g/mol. The predicted octanol–water partition coefficient (Wildman–Crippen LogP) is 9.16. The summed E-state index contributed by atoms with van der Waals surface area (Å²) < 4.78 is 60.5. The van der Waals surface area contributed by atoms with Gasteiger partial charge < -0.3 is 24.1 Å². The highest BCUT2D eigenvalue weighted by Crippen LogP contribution is 2.31. The fourth-order valence-electron chi connectivity index (χ4n) is 5.28. The Bertz CT molecular complexity index is 2180. The number of thiophene rings is 2. The lowest BCUT2D eigenvalue weighted by atomic mass is 10.1. The molecule has 2 aromatic carbocycles. The van der Waals surface area contributed by atoms with Crippen LogP contribution in [-0.2, 0) is 51.1 Å². The average molecular weight is 835 g/mol. The Morgan fingerprint density at radius 1 is 0.724 bits per heavy atom. The lowest BCUT2D eigenvalue weighted by Gasteiger charge is -2.15. The van der Waals surface area contributed by atoms with Gasteiger partial charge in [0.25, 0.3) is 0 Å². The maximum Gasteiger partial charge on any atom is 0.433 e. The molecule has 0 aliphatic heterocycles. The molecule has 58 heavy (non-hydrogen) atoms. The molecule has 1 atom stereocenters. The summed E-state index contributed by atoms with van der Waals surface area (Å²) in [5.74, 6) is 1.04. The normalized spacial score (nSPS) is 11.6. The zero-order chi connectivity index (χ0) is 41.3. The van der Waals surface area contributed by atoms with Crippen molar-refractivity contribution in [3.63, 3.8) is 0 Å². The maximum atomic E-state index is 12.8. The number of alkyl halides is 3. The molecule has 6 rings (SSSR count). The van der Waals surface area contributed by atoms with Crippen molar-refractivity contribution < 1.29 is 46.8 Å². The van der Waals surface area contributed by atoms with Gasteiger partial charge in [0.2, 0.25) is 0 Å². The Morgan fingerprint density at radius 2 is 1.34 bits per heavy atom. The van der Waals surface area contributed by atoms with Crippen LogP contribution in [0.5, 0.6) is 11.5 Å². The molecule has 0 spiro atoms. The number of carboxylic acids is 1. The van der Waals surface area contributed by atoms with Crippen LogP contribution >= 0.6 is 22.7 Å². The van der Waals surface area contributed by atoms with Crippen LogP contribution < -0.4 is 9.47 Å². The van der Waals surface area contributed by atoms with Crippen molar-refractivity contribution in [1.29, 1.82) is 0 Å². The van der Waals surface area contributed by atoms with Crippen molar-refractivity contribution >= 4 is 34.6 Å². The highest BCUT2D eigenvalue weighted by atomic mass is 32.1. The molecule has 16 heteroatoms. The number of hydrogen-bond donors (Lipinski definition) is 1. The molecule has 0 amide bonds. The molecule has 0 bridgehead atoms. The molecule has 1 N–H and O–H groups in total. The number of aliphatic carboxylic acids is 1. The van der Waals surface area contributed by atoms with Crippen LogP contribution in [0.1, 0.15) is 46.8 Å². The van der Waals surface area contributed by atoms with Crippen molar-refractivity contribution in [2.45, 2.75) is 58.4 Å². The van der Waals surface area contributed by atoms with E-state index >= 15 is 0 Å². The molecular weight excluding hydrogens is 794 g/mol. The van der Waals surface area contributed by atoms with Gasteiger partial charge in [-0.15, -0.1) is 22.7 Å². The highest BCUT2D eigenvalue weighted by molar-refractivity contribution is 7.15. The molecule has 304 valence electrons. The first-order valence-electron chi connectivity index (χ1n) is 18.3. The van der Waals surface area contributed by atoms with E-state index in [1.807, 2.05) is 61.5 Å². The zero-order valence-corrected chi connectivity index (χ0v) is 33.3. The van der Waals surface area contributed by atoms with Gasteiger partial charge in [-0.1, -0.05) is 24.3 Å². The molecule has 1 unspecified atom stereocenters. The maximum absolute atomic E-state index is 12.8. The van der Waals surface area contributed by atoms with Gasteiger partial charge in [0.05, 0.1) is 23.0 Å². The summed E-state index contributed by atoms with van der Waals surface area (Å²) in [5.41, 5.74) is 0.944. The van der Waals surface area contributed by atoms with E-state index < -0.39 is 23.9 Å². The quantitative estimate of drug-likeness (QED) is 0.0829. The van der Waals surface area contributed by atoms with Gasteiger partial charge in [-0.2, -0.15) is 13.2 Å². The van der Waals surface area contributed by atoms with Crippen molar-refractivity contribution in [2.24, 2.45) is 0 Å². The van der Waals surface area contributed by atoms with E-state index in [-0.39, 0.29) is 18.2 Å². The fourth-order valence-corrected chi connectivity index (χ4v) is 7.08. The van der Waals surface area contributed by atoms with Crippen LogP contribution in [0.2, 0.25) is 0 Å². The number of hydrogen-bond acceptors (Lipinski definition) is 12. The number of benzene rings is 2. The molecule has 0 saturated heterocycles. The van der Waals surface area contributed by atoms with E-state index in [2.05, 4.69) is 19.9 Å². The van der Waals surface area contributed by atoms with E-state index in [0.29, 0.717) is 56.3 Å². The molecule has 0 aliphatic carbocycles. The van der Waals surface area contributed by atoms with Crippen molar-refractivity contribution in [3.05, 3.63) is 130 Å². The van der Waals surface area contributed by atoms with Gasteiger partial charge in [-0.3, -0.25) is 4.79 Å². The van der Waals surface area contributed by atoms with Crippen LogP contribution in [0, 0.1) is 0 Å². The number of rotatable bonds is 18. The molecule has 11 nitrogen and oxygen atoms in total. The number of carbonyl (C=O) groups excluding carboxylic acids is 1. The largest absolute Gasteiger partial charge is 0.493 e. The Hall–Kier alpha value is -5.71. The number of esters is 1. The fraction of sp³-hybridized carbons (Fsp3) is 0.286. The first-order chi connectivity index (χ1) is 28.0. The summed E-state index contributed by atoms with van der Waals surface area (Å²) in [4.78, 5) is 42.2. The minimum absolute atomic E-state index is 0.0499. The lowest BCUT2D eigenvalue weighted by Crippen LogP contribution is -2.28. The number of carbonyl (C=O) groups is 2. The second-order valence-corrected chi connectivity index (χ2v) is 14.7. The molecule has 0 aliphatic rings. The predicted molar refractivity (Wildman–Crippen MR) is 214 cm³/mol. The second-order valence-electron chi connectivity index (χ2n) is 12.3. The van der Waals surface area contributed by atoms with E-state index in [1.54, 1.807) is 54.9 Å². The number of aromatic nitrogens is 4. The smallest absolute Gasteiger partial charge is 0.433 e. The molecule has 4 aromatic heterocycles. The molecule has 6 aromatic rings. The Morgan fingerprint density at radius 3 is 2.00 bits per heavy atom. The minimum Gasteiger partial charge on any atom is -0.493 e. The molecule has 4 heterocycles. The van der Waals surface area contributed by atoms with Crippen LogP contribution in [0.15, 0.2) is 104 Å². The number of carboxylic acid groups (broad SMARTS) is 1. The van der Waals surface area contributed by atoms with Gasteiger partial charge in [-0.05, 0) is 92.1 Å². The van der Waals surface area contributed by atoms with Gasteiger partial charge in [0.1, 0.15) is 23.8 Å². The van der Waals surface area contributed by atoms with Crippen LogP contribution in [0.25, 0.3) is 21.4 Å². The van der Waals surface area contributed by atoms with Crippen LogP contribution in [-0.4, -0.2) is 62.9 Å². The Kier molecular flexibility index (Phi) is 16.3. The summed E-state index contributed by atoms with van der Waals surface area (Å²) in [6, 6.07) is 25.1. The van der Waals surface area contributed by atoms with Gasteiger partial charge in [-0.25, -0.2) is 24.7 Å². The van der Waals surface area contributed by atoms with Crippen LogP contribution in [0.4, 0.5) is 13.2 Å². The number of ether oxygens (including phenoxy) is 4. The number of aryl methyl sites for hydroxylation is 1. The first kappa shape index (κ1) is 43.4. The summed E-state index contributed by atoms with van der Waals surface area (Å²) in [6.45, 7) is 5.33.